The summed E-state index contributed by atoms with van der Waals surface area (Å²) in [5.41, 5.74) is 4.99. The van der Waals surface area contributed by atoms with E-state index in [-0.39, 0.29) is 11.5 Å². The minimum absolute atomic E-state index is 0.152. The minimum atomic E-state index is -0.206. The molecule has 6 nitrogen and oxygen atoms in total. The van der Waals surface area contributed by atoms with Gasteiger partial charge in [-0.05, 0) is 61.4 Å². The van der Waals surface area contributed by atoms with Crippen LogP contribution in [0.1, 0.15) is 21.5 Å². The quantitative estimate of drug-likeness (QED) is 0.533. The Bertz CT molecular complexity index is 1290. The smallest absolute Gasteiger partial charge is 0.276 e. The monoisotopic (exact) mass is 420 g/mol. The molecule has 0 radical (unpaired) electrons. The Morgan fingerprint density at radius 2 is 1.80 bits per heavy atom. The Balaban J connectivity index is 1.50. The van der Waals surface area contributed by atoms with Gasteiger partial charge in [0.1, 0.15) is 5.52 Å². The zero-order chi connectivity index (χ0) is 21.3. The number of hydrogen-bond acceptors (Lipinski definition) is 3. The second-order valence-electron chi connectivity index (χ2n) is 7.22. The number of aryl methyl sites for hydroxylation is 2. The molecule has 0 unspecified atom stereocenters. The van der Waals surface area contributed by atoms with Crippen LogP contribution >= 0.6 is 11.6 Å². The van der Waals surface area contributed by atoms with Crippen molar-refractivity contribution in [3.8, 4) is 11.3 Å². The third kappa shape index (κ3) is 4.00. The first-order valence-electron chi connectivity index (χ1n) is 9.62. The molecule has 0 fully saturated rings. The third-order valence-electron chi connectivity index (χ3n) is 5.15. The van der Waals surface area contributed by atoms with E-state index < -0.39 is 0 Å². The first-order valence-corrected chi connectivity index (χ1v) is 10.0. The molecule has 2 heterocycles. The van der Waals surface area contributed by atoms with E-state index in [1.807, 2.05) is 6.07 Å². The van der Waals surface area contributed by atoms with Crippen molar-refractivity contribution in [1.29, 1.82) is 0 Å². The van der Waals surface area contributed by atoms with E-state index in [2.05, 4.69) is 36.4 Å². The normalized spacial score (nSPS) is 11.0. The van der Waals surface area contributed by atoms with Crippen molar-refractivity contribution in [2.75, 3.05) is 6.54 Å². The molecule has 7 heteroatoms. The van der Waals surface area contributed by atoms with Crippen LogP contribution in [0.15, 0.2) is 65.7 Å². The Hall–Kier alpha value is -3.38. The van der Waals surface area contributed by atoms with Crippen LogP contribution in [0.25, 0.3) is 16.8 Å². The molecule has 2 aromatic carbocycles. The predicted molar refractivity (Wildman–Crippen MR) is 118 cm³/mol. The van der Waals surface area contributed by atoms with Crippen molar-refractivity contribution >= 4 is 23.0 Å². The molecule has 4 aromatic rings. The molecule has 1 N–H and O–H groups in total. The van der Waals surface area contributed by atoms with Crippen molar-refractivity contribution < 1.29 is 4.79 Å². The van der Waals surface area contributed by atoms with Crippen molar-refractivity contribution in [1.82, 2.24) is 19.5 Å². The van der Waals surface area contributed by atoms with E-state index in [1.54, 1.807) is 51.8 Å². The summed E-state index contributed by atoms with van der Waals surface area (Å²) < 4.78 is 3.17. The summed E-state index contributed by atoms with van der Waals surface area (Å²) in [5, 5.41) is 7.93. The van der Waals surface area contributed by atoms with E-state index >= 15 is 0 Å². The maximum absolute atomic E-state index is 12.9. The zero-order valence-electron chi connectivity index (χ0n) is 16.7. The Morgan fingerprint density at radius 1 is 1.03 bits per heavy atom. The number of benzene rings is 2. The standard InChI is InChI=1S/C23H21ClN4O2/c1-15-3-4-18(13-16(15)2)20-14-21-23(30)27(11-12-28(21)26-20)10-9-25-22(29)17-5-7-19(24)8-6-17/h3-8,11-14H,9-10H2,1-2H3,(H,25,29). The number of rotatable bonds is 5. The number of amides is 1. The van der Waals surface area contributed by atoms with E-state index in [9.17, 15) is 9.59 Å². The summed E-state index contributed by atoms with van der Waals surface area (Å²) in [5.74, 6) is -0.206. The highest BCUT2D eigenvalue weighted by Crippen LogP contribution is 2.21. The molecule has 0 aliphatic heterocycles. The van der Waals surface area contributed by atoms with E-state index in [1.165, 1.54) is 11.1 Å². The first kappa shape index (κ1) is 19.9. The molecule has 0 atom stereocenters. The van der Waals surface area contributed by atoms with Crippen LogP contribution < -0.4 is 10.9 Å². The number of hydrogen-bond donors (Lipinski definition) is 1. The van der Waals surface area contributed by atoms with Crippen LogP contribution in [0, 0.1) is 13.8 Å². The Kier molecular flexibility index (Phi) is 5.42. The summed E-state index contributed by atoms with van der Waals surface area (Å²) in [6.07, 6.45) is 3.43. The fourth-order valence-electron chi connectivity index (χ4n) is 3.24. The summed E-state index contributed by atoms with van der Waals surface area (Å²) in [7, 11) is 0. The first-order chi connectivity index (χ1) is 14.4. The van der Waals surface area contributed by atoms with Gasteiger partial charge in [-0.2, -0.15) is 5.10 Å². The van der Waals surface area contributed by atoms with Gasteiger partial charge in [0.2, 0.25) is 0 Å². The highest BCUT2D eigenvalue weighted by molar-refractivity contribution is 6.30. The highest BCUT2D eigenvalue weighted by Gasteiger charge is 2.10. The molecule has 30 heavy (non-hydrogen) atoms. The van der Waals surface area contributed by atoms with E-state index in [0.717, 1.165) is 11.3 Å². The van der Waals surface area contributed by atoms with Gasteiger partial charge in [-0.15, -0.1) is 0 Å². The molecule has 0 bridgehead atoms. The van der Waals surface area contributed by atoms with Crippen LogP contribution in [0.4, 0.5) is 0 Å². The van der Waals surface area contributed by atoms with Crippen molar-refractivity contribution in [2.24, 2.45) is 0 Å². The number of nitrogens with one attached hydrogen (secondary N) is 1. The topological polar surface area (TPSA) is 68.4 Å². The van der Waals surface area contributed by atoms with Crippen molar-refractivity contribution in [3.05, 3.63) is 93.0 Å². The molecule has 0 saturated carbocycles. The number of aromatic nitrogens is 3. The van der Waals surface area contributed by atoms with Gasteiger partial charge in [-0.1, -0.05) is 23.7 Å². The lowest BCUT2D eigenvalue weighted by molar-refractivity contribution is 0.0952. The number of nitrogens with zero attached hydrogens (tertiary/aromatic N) is 3. The van der Waals surface area contributed by atoms with Gasteiger partial charge in [-0.3, -0.25) is 9.59 Å². The second-order valence-corrected chi connectivity index (χ2v) is 7.65. The van der Waals surface area contributed by atoms with E-state index in [4.69, 9.17) is 11.6 Å². The molecule has 152 valence electrons. The van der Waals surface area contributed by atoms with Crippen molar-refractivity contribution in [2.45, 2.75) is 20.4 Å². The van der Waals surface area contributed by atoms with Gasteiger partial charge in [0, 0.05) is 41.6 Å². The zero-order valence-corrected chi connectivity index (χ0v) is 17.5. The van der Waals surface area contributed by atoms with Gasteiger partial charge in [0.25, 0.3) is 11.5 Å². The largest absolute Gasteiger partial charge is 0.350 e. The van der Waals surface area contributed by atoms with Gasteiger partial charge >= 0.3 is 0 Å². The minimum Gasteiger partial charge on any atom is -0.350 e. The van der Waals surface area contributed by atoms with Crippen LogP contribution in [0.5, 0.6) is 0 Å². The molecule has 1 amide bonds. The number of halogens is 1. The number of carbonyl (C=O) groups is 1. The fourth-order valence-corrected chi connectivity index (χ4v) is 3.36. The second kappa shape index (κ2) is 8.16. The summed E-state index contributed by atoms with van der Waals surface area (Å²) in [6, 6.07) is 14.6. The molecular formula is C23H21ClN4O2. The number of carbonyl (C=O) groups excluding carboxylic acids is 1. The van der Waals surface area contributed by atoms with Crippen molar-refractivity contribution in [3.63, 3.8) is 0 Å². The molecule has 0 aliphatic carbocycles. The average molecular weight is 421 g/mol. The van der Waals surface area contributed by atoms with Crippen LogP contribution in [-0.4, -0.2) is 26.6 Å². The Morgan fingerprint density at radius 3 is 2.53 bits per heavy atom. The summed E-state index contributed by atoms with van der Waals surface area (Å²) in [4.78, 5) is 25.1. The van der Waals surface area contributed by atoms with E-state index in [0.29, 0.717) is 29.2 Å². The summed E-state index contributed by atoms with van der Waals surface area (Å²) >= 11 is 5.84. The van der Waals surface area contributed by atoms with Crippen LogP contribution in [0.3, 0.4) is 0 Å². The Labute approximate surface area is 178 Å². The summed E-state index contributed by atoms with van der Waals surface area (Å²) in [6.45, 7) is 4.81. The lowest BCUT2D eigenvalue weighted by Crippen LogP contribution is -2.31. The van der Waals surface area contributed by atoms with Gasteiger partial charge in [0.15, 0.2) is 0 Å². The van der Waals surface area contributed by atoms with Gasteiger partial charge in [-0.25, -0.2) is 4.52 Å². The van der Waals surface area contributed by atoms with Gasteiger partial charge < -0.3 is 9.88 Å². The molecule has 4 rings (SSSR count). The number of fused-ring (bicyclic) bond motifs is 1. The lowest BCUT2D eigenvalue weighted by atomic mass is 10.0. The van der Waals surface area contributed by atoms with Crippen LogP contribution in [0.2, 0.25) is 5.02 Å². The third-order valence-corrected chi connectivity index (χ3v) is 5.40. The highest BCUT2D eigenvalue weighted by atomic mass is 35.5. The SMILES string of the molecule is Cc1ccc(-c2cc3c(=O)n(CCNC(=O)c4ccc(Cl)cc4)ccn3n2)cc1C. The predicted octanol–water partition coefficient (Wildman–Crippen LogP) is 3.86. The molecular weight excluding hydrogens is 400 g/mol. The fraction of sp³-hybridized carbons (Fsp3) is 0.174. The maximum Gasteiger partial charge on any atom is 0.276 e. The molecule has 0 saturated heterocycles. The maximum atomic E-state index is 12.9. The molecule has 0 spiro atoms. The molecule has 2 aromatic heterocycles. The molecule has 0 aliphatic rings. The lowest BCUT2D eigenvalue weighted by Gasteiger charge is -2.08. The average Bonchev–Trinajstić information content (AvgIpc) is 3.17. The van der Waals surface area contributed by atoms with Gasteiger partial charge in [0.05, 0.1) is 5.69 Å². The van der Waals surface area contributed by atoms with Crippen LogP contribution in [-0.2, 0) is 6.54 Å².